The predicted octanol–water partition coefficient (Wildman–Crippen LogP) is 18.3. The van der Waals surface area contributed by atoms with Gasteiger partial charge in [-0.1, -0.05) is 233 Å². The number of carbonyl (C=O) groups excluding carboxylic acids is 3. The van der Waals surface area contributed by atoms with Gasteiger partial charge in [0.05, 0.1) is 0 Å². The van der Waals surface area contributed by atoms with Gasteiger partial charge in [0.1, 0.15) is 13.2 Å². The molecule has 0 radical (unpaired) electrons. The van der Waals surface area contributed by atoms with E-state index in [2.05, 4.69) is 118 Å². The molecule has 0 bridgehead atoms. The SMILES string of the molecule is CC/C=C\C/C=C\C/C=C\C/C=C\CCCCCCC(=O)OC[C@H](COC(=O)CCCCCCCCCCCCCCC)OC(=O)CC/C=C\C/C=C\C/C=C\C/C=C\C/C=C\CCCCC. The number of ether oxygens (including phenoxy) is 3. The molecule has 0 rings (SSSR count). The third-order valence-corrected chi connectivity index (χ3v) is 11.3. The molecule has 0 aromatic heterocycles. The normalized spacial score (nSPS) is 12.9. The molecule has 0 aliphatic carbocycles. The second-order valence-corrected chi connectivity index (χ2v) is 17.8. The minimum atomic E-state index is -0.828. The monoisotopic (exact) mass is 929 g/mol. The van der Waals surface area contributed by atoms with E-state index in [0.29, 0.717) is 19.3 Å². The van der Waals surface area contributed by atoms with Gasteiger partial charge in [0, 0.05) is 19.3 Å². The largest absolute Gasteiger partial charge is 0.462 e. The summed E-state index contributed by atoms with van der Waals surface area (Å²) in [6, 6.07) is 0. The van der Waals surface area contributed by atoms with Crippen LogP contribution in [0.1, 0.15) is 239 Å². The quantitative estimate of drug-likeness (QED) is 0.0262. The van der Waals surface area contributed by atoms with E-state index >= 15 is 0 Å². The van der Waals surface area contributed by atoms with Gasteiger partial charge < -0.3 is 14.2 Å². The summed E-state index contributed by atoms with van der Waals surface area (Å²) in [4.78, 5) is 38.0. The Morgan fingerprint density at radius 3 is 1.00 bits per heavy atom. The van der Waals surface area contributed by atoms with Crippen LogP contribution in [-0.2, 0) is 28.6 Å². The molecule has 0 N–H and O–H groups in total. The van der Waals surface area contributed by atoms with E-state index < -0.39 is 12.1 Å². The summed E-state index contributed by atoms with van der Waals surface area (Å²) in [6.07, 6.45) is 73.7. The first-order valence-corrected chi connectivity index (χ1v) is 27.4. The maximum absolute atomic E-state index is 12.8. The molecule has 6 heteroatoms. The zero-order chi connectivity index (χ0) is 48.6. The zero-order valence-electron chi connectivity index (χ0n) is 43.4. The van der Waals surface area contributed by atoms with Gasteiger partial charge in [-0.3, -0.25) is 14.4 Å². The number of allylic oxidation sites excluding steroid dienone is 18. The van der Waals surface area contributed by atoms with Crippen molar-refractivity contribution in [3.05, 3.63) is 109 Å². The fourth-order valence-electron chi connectivity index (χ4n) is 7.18. The van der Waals surface area contributed by atoms with Gasteiger partial charge in [0.15, 0.2) is 6.10 Å². The molecule has 0 aliphatic rings. The Labute approximate surface area is 412 Å². The van der Waals surface area contributed by atoms with E-state index in [1.807, 2.05) is 12.2 Å². The van der Waals surface area contributed by atoms with E-state index in [0.717, 1.165) is 103 Å². The van der Waals surface area contributed by atoms with Gasteiger partial charge in [-0.2, -0.15) is 0 Å². The highest BCUT2D eigenvalue weighted by Crippen LogP contribution is 2.14. The molecule has 0 aromatic carbocycles. The average Bonchev–Trinajstić information content (AvgIpc) is 3.33. The number of unbranched alkanes of at least 4 members (excludes halogenated alkanes) is 19. The topological polar surface area (TPSA) is 78.9 Å². The summed E-state index contributed by atoms with van der Waals surface area (Å²) < 4.78 is 16.7. The van der Waals surface area contributed by atoms with Crippen molar-refractivity contribution in [1.82, 2.24) is 0 Å². The Morgan fingerprint density at radius 1 is 0.313 bits per heavy atom. The van der Waals surface area contributed by atoms with E-state index in [9.17, 15) is 14.4 Å². The lowest BCUT2D eigenvalue weighted by Crippen LogP contribution is -2.30. The maximum atomic E-state index is 12.8. The van der Waals surface area contributed by atoms with Gasteiger partial charge in [0.25, 0.3) is 0 Å². The predicted molar refractivity (Wildman–Crippen MR) is 288 cm³/mol. The molecular formula is C61H100O6. The number of rotatable bonds is 48. The Morgan fingerprint density at radius 2 is 0.612 bits per heavy atom. The Bertz CT molecular complexity index is 1390. The van der Waals surface area contributed by atoms with Crippen LogP contribution in [0.5, 0.6) is 0 Å². The lowest BCUT2D eigenvalue weighted by molar-refractivity contribution is -0.166. The minimum absolute atomic E-state index is 0.116. The lowest BCUT2D eigenvalue weighted by Gasteiger charge is -2.18. The Kier molecular flexibility index (Phi) is 51.5. The van der Waals surface area contributed by atoms with E-state index in [1.54, 1.807) is 0 Å². The second-order valence-electron chi connectivity index (χ2n) is 17.8. The summed E-state index contributed by atoms with van der Waals surface area (Å²) >= 11 is 0. The standard InChI is InChI=1S/C61H100O6/c1-4-7-10-13-16-19-22-25-27-29-30-32-34-37-40-43-46-49-52-55-61(64)67-58(56-65-59(62)53-50-47-44-41-38-35-24-21-18-15-12-9-6-3)57-66-60(63)54-51-48-45-42-39-36-33-31-28-26-23-20-17-14-11-8-5-2/h8,11,16-17,19-20,25-28,30,32-33,36-37,40,46,49,58H,4-7,9-10,12-15,18,21-24,29,31,34-35,38-39,41-45,47-48,50-57H2,1-3H3/b11-8-,19-16-,20-17-,27-25-,28-26-,32-30-,36-33-,40-37-,49-46-/t58-/m0/s1. The van der Waals surface area contributed by atoms with E-state index in [-0.39, 0.29) is 31.6 Å². The fourth-order valence-corrected chi connectivity index (χ4v) is 7.18. The molecule has 0 heterocycles. The van der Waals surface area contributed by atoms with Crippen LogP contribution in [-0.4, -0.2) is 37.2 Å². The third kappa shape index (κ3) is 52.9. The van der Waals surface area contributed by atoms with Gasteiger partial charge >= 0.3 is 17.9 Å². The van der Waals surface area contributed by atoms with Crippen LogP contribution in [0.15, 0.2) is 109 Å². The van der Waals surface area contributed by atoms with Crippen LogP contribution in [0.25, 0.3) is 0 Å². The van der Waals surface area contributed by atoms with Crippen molar-refractivity contribution < 1.29 is 28.6 Å². The first-order chi connectivity index (χ1) is 33.0. The van der Waals surface area contributed by atoms with Gasteiger partial charge in [-0.25, -0.2) is 0 Å². The molecule has 0 aliphatic heterocycles. The van der Waals surface area contributed by atoms with E-state index in [1.165, 1.54) is 89.9 Å². The zero-order valence-corrected chi connectivity index (χ0v) is 43.4. The van der Waals surface area contributed by atoms with Crippen LogP contribution in [0.2, 0.25) is 0 Å². The summed E-state index contributed by atoms with van der Waals surface area (Å²) in [5.41, 5.74) is 0. The Balaban J connectivity index is 4.55. The van der Waals surface area contributed by atoms with Crippen LogP contribution in [0.3, 0.4) is 0 Å². The number of esters is 3. The van der Waals surface area contributed by atoms with Crippen molar-refractivity contribution >= 4 is 17.9 Å². The second kappa shape index (κ2) is 54.7. The maximum Gasteiger partial charge on any atom is 0.306 e. The molecule has 0 aromatic rings. The molecule has 6 nitrogen and oxygen atoms in total. The molecule has 67 heavy (non-hydrogen) atoms. The first kappa shape index (κ1) is 63.1. The van der Waals surface area contributed by atoms with Crippen LogP contribution in [0.4, 0.5) is 0 Å². The molecule has 0 saturated heterocycles. The van der Waals surface area contributed by atoms with Crippen LogP contribution in [0, 0.1) is 0 Å². The van der Waals surface area contributed by atoms with Crippen molar-refractivity contribution in [2.24, 2.45) is 0 Å². The van der Waals surface area contributed by atoms with Crippen molar-refractivity contribution in [2.75, 3.05) is 13.2 Å². The van der Waals surface area contributed by atoms with Gasteiger partial charge in [-0.05, 0) is 96.3 Å². The molecule has 0 unspecified atom stereocenters. The molecular weight excluding hydrogens is 829 g/mol. The number of hydrogen-bond donors (Lipinski definition) is 0. The number of carbonyl (C=O) groups is 3. The molecule has 0 amide bonds. The highest BCUT2D eigenvalue weighted by Gasteiger charge is 2.19. The summed E-state index contributed by atoms with van der Waals surface area (Å²) in [7, 11) is 0. The third-order valence-electron chi connectivity index (χ3n) is 11.3. The lowest BCUT2D eigenvalue weighted by atomic mass is 10.0. The molecule has 1 atom stereocenters. The van der Waals surface area contributed by atoms with E-state index in [4.69, 9.17) is 14.2 Å². The summed E-state index contributed by atoms with van der Waals surface area (Å²) in [6.45, 7) is 6.41. The summed E-state index contributed by atoms with van der Waals surface area (Å²) in [5.74, 6) is -1.03. The highest BCUT2D eigenvalue weighted by atomic mass is 16.6. The highest BCUT2D eigenvalue weighted by molar-refractivity contribution is 5.71. The van der Waals surface area contributed by atoms with Crippen LogP contribution < -0.4 is 0 Å². The van der Waals surface area contributed by atoms with Gasteiger partial charge in [0.2, 0.25) is 0 Å². The Hall–Kier alpha value is -3.93. The molecule has 0 fully saturated rings. The van der Waals surface area contributed by atoms with Crippen LogP contribution >= 0.6 is 0 Å². The van der Waals surface area contributed by atoms with Crippen molar-refractivity contribution in [2.45, 2.75) is 245 Å². The average molecular weight is 929 g/mol. The minimum Gasteiger partial charge on any atom is -0.462 e. The van der Waals surface area contributed by atoms with Crippen molar-refractivity contribution in [1.29, 1.82) is 0 Å². The first-order valence-electron chi connectivity index (χ1n) is 27.4. The molecule has 380 valence electrons. The fraction of sp³-hybridized carbons (Fsp3) is 0.656. The smallest absolute Gasteiger partial charge is 0.306 e. The molecule has 0 saturated carbocycles. The van der Waals surface area contributed by atoms with Crippen molar-refractivity contribution in [3.63, 3.8) is 0 Å². The van der Waals surface area contributed by atoms with Crippen molar-refractivity contribution in [3.8, 4) is 0 Å². The molecule has 0 spiro atoms. The number of hydrogen-bond acceptors (Lipinski definition) is 6. The summed E-state index contributed by atoms with van der Waals surface area (Å²) in [5, 5.41) is 0. The van der Waals surface area contributed by atoms with Gasteiger partial charge in [-0.15, -0.1) is 0 Å².